The molecule has 0 spiro atoms. The van der Waals surface area contributed by atoms with Crippen LogP contribution < -0.4 is 9.64 Å². The Bertz CT molecular complexity index is 1590. The van der Waals surface area contributed by atoms with E-state index < -0.39 is 6.04 Å². The molecule has 1 aliphatic heterocycles. The third kappa shape index (κ3) is 4.64. The first-order valence-electron chi connectivity index (χ1n) is 13.0. The second kappa shape index (κ2) is 10.6. The van der Waals surface area contributed by atoms with Gasteiger partial charge in [-0.05, 0) is 80.4 Å². The van der Waals surface area contributed by atoms with Crippen LogP contribution >= 0.6 is 23.2 Å². The lowest BCUT2D eigenvalue weighted by Gasteiger charge is -2.30. The topological polar surface area (TPSA) is 51.5 Å². The number of nitrogens with zero attached hydrogens (tertiary/aromatic N) is 2. The highest BCUT2D eigenvalue weighted by molar-refractivity contribution is 6.31. The van der Waals surface area contributed by atoms with E-state index in [0.29, 0.717) is 33.3 Å². The zero-order chi connectivity index (χ0) is 28.0. The summed E-state index contributed by atoms with van der Waals surface area (Å²) >= 11 is 12.7. The predicted molar refractivity (Wildman–Crippen MR) is 158 cm³/mol. The molecule has 3 aromatic carbocycles. The summed E-state index contributed by atoms with van der Waals surface area (Å²) in [6, 6.07) is 20.2. The number of hydrogen-bond donors (Lipinski definition) is 0. The van der Waals surface area contributed by atoms with Crippen LogP contribution in [0, 0.1) is 6.92 Å². The monoisotopic (exact) mass is 560 g/mol. The minimum atomic E-state index is -0.412. The fourth-order valence-electron chi connectivity index (χ4n) is 5.45. The molecule has 1 atom stereocenters. The maximum absolute atomic E-state index is 14.3. The molecule has 7 heteroatoms. The molecule has 0 radical (unpaired) electrons. The number of Topliss-reactive ketones (excluding diaryl/α,β-unsaturated/α-hetero) is 1. The second-order valence-electron chi connectivity index (χ2n) is 10.0. The Labute approximate surface area is 238 Å². The number of halogens is 2. The number of methoxy groups -OCH3 is 1. The molecular formula is C32H30Cl2N2O3. The van der Waals surface area contributed by atoms with Gasteiger partial charge in [0.25, 0.3) is 5.91 Å². The number of carbonyl (C=O) groups is 2. The number of rotatable bonds is 7. The zero-order valence-electron chi connectivity index (χ0n) is 22.6. The molecule has 5 rings (SSSR count). The predicted octanol–water partition coefficient (Wildman–Crippen LogP) is 8.70. The highest BCUT2D eigenvalue weighted by Gasteiger charge is 2.44. The van der Waals surface area contributed by atoms with Gasteiger partial charge >= 0.3 is 0 Å². The zero-order valence-corrected chi connectivity index (χ0v) is 24.1. The molecule has 200 valence electrons. The van der Waals surface area contributed by atoms with Crippen LogP contribution in [-0.4, -0.2) is 23.4 Å². The number of amides is 1. The van der Waals surface area contributed by atoms with Crippen LogP contribution in [0.15, 0.2) is 66.7 Å². The maximum Gasteiger partial charge on any atom is 0.261 e. The Morgan fingerprint density at radius 1 is 0.949 bits per heavy atom. The smallest absolute Gasteiger partial charge is 0.261 e. The van der Waals surface area contributed by atoms with E-state index >= 15 is 0 Å². The number of ketones is 1. The lowest BCUT2D eigenvalue weighted by molar-refractivity contribution is 0.0982. The summed E-state index contributed by atoms with van der Waals surface area (Å²) in [7, 11) is 1.61. The van der Waals surface area contributed by atoms with Gasteiger partial charge in [0.2, 0.25) is 0 Å². The molecule has 4 aromatic rings. The summed E-state index contributed by atoms with van der Waals surface area (Å²) in [5.74, 6) is 0.571. The SMILES string of the molecule is CCC(=O)c1ccc(OC)c(-c2cc3c(n2C(C)C)C(c2ccc(Cl)cc2)N(c2cc(Cl)ccc2C)C3=O)c1. The van der Waals surface area contributed by atoms with Crippen LogP contribution in [0.1, 0.15) is 76.8 Å². The van der Waals surface area contributed by atoms with Crippen LogP contribution in [0.3, 0.4) is 0 Å². The average molecular weight is 562 g/mol. The largest absolute Gasteiger partial charge is 0.496 e. The van der Waals surface area contributed by atoms with Crippen molar-refractivity contribution in [2.45, 2.75) is 46.2 Å². The molecule has 39 heavy (non-hydrogen) atoms. The van der Waals surface area contributed by atoms with E-state index in [9.17, 15) is 9.59 Å². The number of ether oxygens (including phenoxy) is 1. The Balaban J connectivity index is 1.80. The molecule has 1 aliphatic rings. The summed E-state index contributed by atoms with van der Waals surface area (Å²) in [5.41, 5.74) is 6.32. The van der Waals surface area contributed by atoms with Crippen molar-refractivity contribution in [3.63, 3.8) is 0 Å². The summed E-state index contributed by atoms with van der Waals surface area (Å²) in [4.78, 5) is 28.7. The number of carbonyl (C=O) groups excluding carboxylic acids is 2. The van der Waals surface area contributed by atoms with E-state index in [1.165, 1.54) is 0 Å². The molecule has 0 N–H and O–H groups in total. The summed E-state index contributed by atoms with van der Waals surface area (Å²) < 4.78 is 7.91. The fourth-order valence-corrected chi connectivity index (χ4v) is 5.74. The number of anilines is 1. The number of benzene rings is 3. The van der Waals surface area contributed by atoms with Gasteiger partial charge in [0.1, 0.15) is 11.8 Å². The van der Waals surface area contributed by atoms with Gasteiger partial charge in [-0.25, -0.2) is 0 Å². The standard InChI is InChI=1S/C32H30Cl2N2O3/c1-6-28(37)21-10-14-29(39-5)24(15-21)27-17-25-31(35(27)18(2)3)30(20-8-12-22(33)13-9-20)36(32(25)38)26-16-23(34)11-7-19(26)4/h7-18,30H,6H2,1-5H3. The van der Waals surface area contributed by atoms with Gasteiger partial charge in [0.05, 0.1) is 24.1 Å². The Hall–Kier alpha value is -3.54. The van der Waals surface area contributed by atoms with Gasteiger partial charge in [-0.1, -0.05) is 48.3 Å². The fraction of sp³-hybridized carbons (Fsp3) is 0.250. The Morgan fingerprint density at radius 2 is 1.64 bits per heavy atom. The van der Waals surface area contributed by atoms with Crippen molar-refractivity contribution in [1.29, 1.82) is 0 Å². The summed E-state index contributed by atoms with van der Waals surface area (Å²) in [6.45, 7) is 8.01. The normalized spacial score (nSPS) is 14.7. The van der Waals surface area contributed by atoms with Crippen LogP contribution in [0.4, 0.5) is 5.69 Å². The number of hydrogen-bond acceptors (Lipinski definition) is 3. The number of fused-ring (bicyclic) bond motifs is 1. The van der Waals surface area contributed by atoms with Crippen molar-refractivity contribution in [2.24, 2.45) is 0 Å². The van der Waals surface area contributed by atoms with Gasteiger partial charge < -0.3 is 9.30 Å². The number of aryl methyl sites for hydroxylation is 1. The number of aromatic nitrogens is 1. The third-order valence-electron chi connectivity index (χ3n) is 7.29. The van der Waals surface area contributed by atoms with Crippen molar-refractivity contribution in [3.8, 4) is 17.0 Å². The van der Waals surface area contributed by atoms with E-state index in [2.05, 4.69) is 18.4 Å². The molecular weight excluding hydrogens is 531 g/mol. The van der Waals surface area contributed by atoms with Crippen molar-refractivity contribution in [3.05, 3.63) is 105 Å². The first-order chi connectivity index (χ1) is 18.7. The molecule has 1 unspecified atom stereocenters. The minimum Gasteiger partial charge on any atom is -0.496 e. The first kappa shape index (κ1) is 27.0. The molecule has 0 saturated heterocycles. The van der Waals surface area contributed by atoms with Gasteiger partial charge in [-0.3, -0.25) is 14.5 Å². The summed E-state index contributed by atoms with van der Waals surface area (Å²) in [5, 5.41) is 1.18. The second-order valence-corrected chi connectivity index (χ2v) is 10.9. The van der Waals surface area contributed by atoms with Crippen molar-refractivity contribution < 1.29 is 14.3 Å². The molecule has 1 amide bonds. The first-order valence-corrected chi connectivity index (χ1v) is 13.7. The van der Waals surface area contributed by atoms with E-state index in [4.69, 9.17) is 27.9 Å². The highest BCUT2D eigenvalue weighted by atomic mass is 35.5. The molecule has 5 nitrogen and oxygen atoms in total. The minimum absolute atomic E-state index is 0.00185. The van der Waals surface area contributed by atoms with E-state index in [-0.39, 0.29) is 17.7 Å². The molecule has 0 saturated carbocycles. The molecule has 0 bridgehead atoms. The Morgan fingerprint density at radius 3 is 2.28 bits per heavy atom. The molecule has 2 heterocycles. The van der Waals surface area contributed by atoms with Gasteiger partial charge in [0, 0.05) is 39.3 Å². The lowest BCUT2D eigenvalue weighted by atomic mass is 10.0. The Kier molecular flexibility index (Phi) is 7.32. The van der Waals surface area contributed by atoms with Gasteiger partial charge in [-0.15, -0.1) is 0 Å². The van der Waals surface area contributed by atoms with Crippen molar-refractivity contribution in [2.75, 3.05) is 12.0 Å². The molecule has 0 aliphatic carbocycles. The van der Waals surface area contributed by atoms with Crippen molar-refractivity contribution >= 4 is 40.6 Å². The van der Waals surface area contributed by atoms with Crippen molar-refractivity contribution in [1.82, 2.24) is 4.57 Å². The van der Waals surface area contributed by atoms with Crippen LogP contribution in [0.2, 0.25) is 10.0 Å². The molecule has 0 fully saturated rings. The van der Waals surface area contributed by atoms with Gasteiger partial charge in [0.15, 0.2) is 5.78 Å². The lowest BCUT2D eigenvalue weighted by Crippen LogP contribution is -2.30. The third-order valence-corrected chi connectivity index (χ3v) is 7.78. The summed E-state index contributed by atoms with van der Waals surface area (Å²) in [6.07, 6.45) is 0.401. The highest BCUT2D eigenvalue weighted by Crippen LogP contribution is 2.48. The van der Waals surface area contributed by atoms with E-state index in [1.54, 1.807) is 13.2 Å². The van der Waals surface area contributed by atoms with Gasteiger partial charge in [-0.2, -0.15) is 0 Å². The maximum atomic E-state index is 14.3. The quantitative estimate of drug-likeness (QED) is 0.212. The average Bonchev–Trinajstić information content (AvgIpc) is 3.45. The molecule has 1 aromatic heterocycles. The van der Waals surface area contributed by atoms with E-state index in [1.807, 2.05) is 79.4 Å². The van der Waals surface area contributed by atoms with Crippen LogP contribution in [-0.2, 0) is 0 Å². The van der Waals surface area contributed by atoms with Crippen LogP contribution in [0.25, 0.3) is 11.3 Å². The van der Waals surface area contributed by atoms with E-state index in [0.717, 1.165) is 33.8 Å². The van der Waals surface area contributed by atoms with Crippen LogP contribution in [0.5, 0.6) is 5.75 Å².